The molecule has 3 aromatic rings. The van der Waals surface area contributed by atoms with E-state index in [2.05, 4.69) is 10.3 Å². The van der Waals surface area contributed by atoms with Gasteiger partial charge < -0.3 is 16.0 Å². The van der Waals surface area contributed by atoms with Gasteiger partial charge in [-0.15, -0.1) is 0 Å². The largest absolute Gasteiger partial charge is 0.361 e. The van der Waals surface area contributed by atoms with E-state index in [9.17, 15) is 4.79 Å². The molecule has 0 spiro atoms. The van der Waals surface area contributed by atoms with Gasteiger partial charge in [-0.25, -0.2) is 0 Å². The summed E-state index contributed by atoms with van der Waals surface area (Å²) in [5, 5.41) is 4.02. The molecular formula is C17H17N3O. The van der Waals surface area contributed by atoms with Gasteiger partial charge in [-0.2, -0.15) is 0 Å². The van der Waals surface area contributed by atoms with Crippen LogP contribution in [0.1, 0.15) is 15.9 Å². The number of hydrogen-bond acceptors (Lipinski definition) is 2. The Labute approximate surface area is 123 Å². The molecule has 2 aromatic carbocycles. The topological polar surface area (TPSA) is 70.9 Å². The zero-order valence-electron chi connectivity index (χ0n) is 11.6. The second-order valence-corrected chi connectivity index (χ2v) is 4.93. The number of fused-ring (bicyclic) bond motifs is 1. The summed E-state index contributed by atoms with van der Waals surface area (Å²) >= 11 is 0. The molecule has 0 aliphatic heterocycles. The minimum Gasteiger partial charge on any atom is -0.361 e. The van der Waals surface area contributed by atoms with Crippen molar-refractivity contribution in [2.24, 2.45) is 5.73 Å². The molecule has 1 amide bonds. The molecule has 106 valence electrons. The highest BCUT2D eigenvalue weighted by Crippen LogP contribution is 2.19. The molecule has 4 heteroatoms. The van der Waals surface area contributed by atoms with Gasteiger partial charge in [-0.1, -0.05) is 18.2 Å². The van der Waals surface area contributed by atoms with Crippen LogP contribution in [0.4, 0.5) is 5.69 Å². The fourth-order valence-electron chi connectivity index (χ4n) is 2.44. The number of anilines is 1. The highest BCUT2D eigenvalue weighted by atomic mass is 16.1. The molecule has 0 unspecified atom stereocenters. The summed E-state index contributed by atoms with van der Waals surface area (Å²) in [6, 6.07) is 15.3. The minimum absolute atomic E-state index is 0.103. The highest BCUT2D eigenvalue weighted by Gasteiger charge is 2.10. The van der Waals surface area contributed by atoms with Crippen molar-refractivity contribution in [1.82, 2.24) is 4.98 Å². The smallest absolute Gasteiger partial charge is 0.255 e. The molecule has 0 aliphatic rings. The lowest BCUT2D eigenvalue weighted by molar-refractivity contribution is 0.102. The maximum atomic E-state index is 12.4. The predicted octanol–water partition coefficient (Wildman–Crippen LogP) is 2.92. The van der Waals surface area contributed by atoms with Crippen LogP contribution in [0.25, 0.3) is 10.9 Å². The van der Waals surface area contributed by atoms with Crippen LogP contribution in [0, 0.1) is 0 Å². The number of amides is 1. The number of nitrogens with two attached hydrogens (primary N) is 1. The van der Waals surface area contributed by atoms with E-state index in [1.165, 1.54) is 0 Å². The number of H-pyrrole nitrogens is 1. The average molecular weight is 279 g/mol. The van der Waals surface area contributed by atoms with Crippen LogP contribution in [0.3, 0.4) is 0 Å². The monoisotopic (exact) mass is 279 g/mol. The first-order valence-corrected chi connectivity index (χ1v) is 6.94. The van der Waals surface area contributed by atoms with Gasteiger partial charge in [0.1, 0.15) is 0 Å². The third kappa shape index (κ3) is 2.80. The molecule has 21 heavy (non-hydrogen) atoms. The molecule has 1 aromatic heterocycles. The van der Waals surface area contributed by atoms with E-state index in [-0.39, 0.29) is 5.91 Å². The van der Waals surface area contributed by atoms with Crippen LogP contribution in [0.2, 0.25) is 0 Å². The summed E-state index contributed by atoms with van der Waals surface area (Å²) < 4.78 is 0. The summed E-state index contributed by atoms with van der Waals surface area (Å²) in [5.41, 5.74) is 9.09. The Hall–Kier alpha value is -2.59. The zero-order chi connectivity index (χ0) is 14.7. The Morgan fingerprint density at radius 3 is 2.86 bits per heavy atom. The molecule has 4 nitrogen and oxygen atoms in total. The van der Waals surface area contributed by atoms with Gasteiger partial charge in [0.05, 0.1) is 0 Å². The highest BCUT2D eigenvalue weighted by molar-refractivity contribution is 6.06. The zero-order valence-corrected chi connectivity index (χ0v) is 11.6. The van der Waals surface area contributed by atoms with E-state index in [0.29, 0.717) is 18.5 Å². The van der Waals surface area contributed by atoms with Crippen LogP contribution in [0.5, 0.6) is 0 Å². The second-order valence-electron chi connectivity index (χ2n) is 4.93. The molecule has 0 saturated carbocycles. The van der Waals surface area contributed by atoms with E-state index in [4.69, 9.17) is 5.73 Å². The first kappa shape index (κ1) is 13.4. The fourth-order valence-corrected chi connectivity index (χ4v) is 2.44. The molecular weight excluding hydrogens is 262 g/mol. The predicted molar refractivity (Wildman–Crippen MR) is 85.5 cm³/mol. The Balaban J connectivity index is 1.85. The summed E-state index contributed by atoms with van der Waals surface area (Å²) in [6.07, 6.45) is 2.58. The van der Waals surface area contributed by atoms with Gasteiger partial charge in [0.25, 0.3) is 5.91 Å². The van der Waals surface area contributed by atoms with E-state index < -0.39 is 0 Å². The summed E-state index contributed by atoms with van der Waals surface area (Å²) in [5.74, 6) is -0.103. The van der Waals surface area contributed by atoms with Crippen molar-refractivity contribution in [3.63, 3.8) is 0 Å². The lowest BCUT2D eigenvalue weighted by Gasteiger charge is -2.09. The molecule has 4 N–H and O–H groups in total. The van der Waals surface area contributed by atoms with Crippen molar-refractivity contribution in [3.05, 3.63) is 65.9 Å². The maximum Gasteiger partial charge on any atom is 0.255 e. The first-order valence-electron chi connectivity index (χ1n) is 6.94. The Morgan fingerprint density at radius 1 is 1.14 bits per heavy atom. The Kier molecular flexibility index (Phi) is 3.71. The number of aromatic nitrogens is 1. The van der Waals surface area contributed by atoms with Crippen LogP contribution >= 0.6 is 0 Å². The molecule has 1 heterocycles. The third-order valence-corrected chi connectivity index (χ3v) is 3.49. The number of nitrogens with one attached hydrogen (secondary N) is 2. The van der Waals surface area contributed by atoms with Crippen molar-refractivity contribution in [2.45, 2.75) is 6.42 Å². The molecule has 0 bridgehead atoms. The Morgan fingerprint density at radius 2 is 2.00 bits per heavy atom. The van der Waals surface area contributed by atoms with Gasteiger partial charge in [-0.3, -0.25) is 4.79 Å². The van der Waals surface area contributed by atoms with E-state index in [0.717, 1.165) is 22.2 Å². The standard InChI is InChI=1S/C17H17N3O/c18-9-7-12-3-1-2-4-15(12)17(21)20-14-5-6-16-13(11-14)8-10-19-16/h1-6,8,10-11,19H,7,9,18H2,(H,20,21). The van der Waals surface area contributed by atoms with E-state index in [1.54, 1.807) is 0 Å². The van der Waals surface area contributed by atoms with Crippen LogP contribution < -0.4 is 11.1 Å². The quantitative estimate of drug-likeness (QED) is 0.687. The second kappa shape index (κ2) is 5.81. The minimum atomic E-state index is -0.103. The van der Waals surface area contributed by atoms with Crippen molar-refractivity contribution in [1.29, 1.82) is 0 Å². The Bertz CT molecular complexity index is 776. The molecule has 0 atom stereocenters. The van der Waals surface area contributed by atoms with E-state index >= 15 is 0 Å². The number of benzene rings is 2. The van der Waals surface area contributed by atoms with Gasteiger partial charge >= 0.3 is 0 Å². The molecule has 0 radical (unpaired) electrons. The lowest BCUT2D eigenvalue weighted by atomic mass is 10.0. The molecule has 0 saturated heterocycles. The average Bonchev–Trinajstić information content (AvgIpc) is 2.95. The summed E-state index contributed by atoms with van der Waals surface area (Å²) in [7, 11) is 0. The normalized spacial score (nSPS) is 10.7. The number of hydrogen-bond donors (Lipinski definition) is 3. The molecule has 0 fully saturated rings. The van der Waals surface area contributed by atoms with Crippen molar-refractivity contribution < 1.29 is 4.79 Å². The van der Waals surface area contributed by atoms with Crippen molar-refractivity contribution in [3.8, 4) is 0 Å². The number of aromatic amines is 1. The fraction of sp³-hybridized carbons (Fsp3) is 0.118. The number of carbonyl (C=O) groups excluding carboxylic acids is 1. The van der Waals surface area contributed by atoms with Crippen LogP contribution in [0.15, 0.2) is 54.7 Å². The summed E-state index contributed by atoms with van der Waals surface area (Å²) in [6.45, 7) is 0.527. The van der Waals surface area contributed by atoms with Crippen LogP contribution in [-0.2, 0) is 6.42 Å². The first-order chi connectivity index (χ1) is 10.3. The van der Waals surface area contributed by atoms with Gasteiger partial charge in [-0.05, 0) is 48.9 Å². The maximum absolute atomic E-state index is 12.4. The number of rotatable bonds is 4. The van der Waals surface area contributed by atoms with E-state index in [1.807, 2.05) is 54.7 Å². The van der Waals surface area contributed by atoms with Gasteiger partial charge in [0, 0.05) is 28.4 Å². The van der Waals surface area contributed by atoms with Gasteiger partial charge in [0.2, 0.25) is 0 Å². The van der Waals surface area contributed by atoms with Crippen LogP contribution in [-0.4, -0.2) is 17.4 Å². The van der Waals surface area contributed by atoms with Crippen molar-refractivity contribution >= 4 is 22.5 Å². The number of carbonyl (C=O) groups is 1. The van der Waals surface area contributed by atoms with Crippen molar-refractivity contribution in [2.75, 3.05) is 11.9 Å². The molecule has 3 rings (SSSR count). The molecule has 0 aliphatic carbocycles. The summed E-state index contributed by atoms with van der Waals surface area (Å²) in [4.78, 5) is 15.6. The lowest BCUT2D eigenvalue weighted by Crippen LogP contribution is -2.15. The SMILES string of the molecule is NCCc1ccccc1C(=O)Nc1ccc2[nH]ccc2c1. The third-order valence-electron chi connectivity index (χ3n) is 3.49. The van der Waals surface area contributed by atoms with Gasteiger partial charge in [0.15, 0.2) is 0 Å².